The van der Waals surface area contributed by atoms with Gasteiger partial charge in [-0.1, -0.05) is 30.4 Å². The summed E-state index contributed by atoms with van der Waals surface area (Å²) in [6.45, 7) is 5.40. The highest BCUT2D eigenvalue weighted by Gasteiger charge is 2.12. The molecule has 110 valence electrons. The second kappa shape index (κ2) is 6.68. The molecule has 0 heterocycles. The molecular weight excluding hydrogens is 283 g/mol. The Bertz CT molecular complexity index is 655. The Hall–Kier alpha value is -1.94. The number of halogens is 1. The van der Waals surface area contributed by atoms with Gasteiger partial charge < -0.3 is 10.6 Å². The van der Waals surface area contributed by atoms with E-state index in [4.69, 9.17) is 18.0 Å². The van der Waals surface area contributed by atoms with Crippen molar-refractivity contribution < 1.29 is 4.39 Å². The predicted octanol–water partition coefficient (Wildman–Crippen LogP) is 3.79. The lowest BCUT2D eigenvalue weighted by atomic mass is 10.1. The smallest absolute Gasteiger partial charge is 0.128 e. The highest BCUT2D eigenvalue weighted by atomic mass is 32.1. The number of nitrogens with two attached hydrogens (primary N) is 1. The highest BCUT2D eigenvalue weighted by molar-refractivity contribution is 7.80. The van der Waals surface area contributed by atoms with Crippen LogP contribution in [0.25, 0.3) is 0 Å². The highest BCUT2D eigenvalue weighted by Crippen LogP contribution is 2.22. The second-order valence-electron chi connectivity index (χ2n) is 4.97. The Balaban J connectivity index is 2.33. The van der Waals surface area contributed by atoms with Crippen LogP contribution in [0.5, 0.6) is 0 Å². The summed E-state index contributed by atoms with van der Waals surface area (Å²) in [6, 6.07) is 12.9. The fraction of sp³-hybridized carbons (Fsp3) is 0.235. The molecule has 2 aromatic rings. The van der Waals surface area contributed by atoms with Crippen molar-refractivity contribution in [3.05, 3.63) is 65.0 Å². The number of rotatable bonds is 5. The quantitative estimate of drug-likeness (QED) is 0.852. The maximum Gasteiger partial charge on any atom is 0.128 e. The Kier molecular flexibility index (Phi) is 4.91. The molecule has 0 saturated heterocycles. The fourth-order valence-electron chi connectivity index (χ4n) is 2.34. The molecule has 0 saturated carbocycles. The van der Waals surface area contributed by atoms with E-state index in [1.807, 2.05) is 18.2 Å². The molecule has 0 radical (unpaired) electrons. The number of aryl methyl sites for hydroxylation is 1. The summed E-state index contributed by atoms with van der Waals surface area (Å²) in [5, 5.41) is 0. The van der Waals surface area contributed by atoms with Crippen LogP contribution in [0.1, 0.15) is 23.6 Å². The van der Waals surface area contributed by atoms with Gasteiger partial charge in [0.1, 0.15) is 10.8 Å². The lowest BCUT2D eigenvalue weighted by Gasteiger charge is -2.25. The average molecular weight is 302 g/mol. The van der Waals surface area contributed by atoms with E-state index in [-0.39, 0.29) is 10.8 Å². The molecule has 0 spiro atoms. The zero-order chi connectivity index (χ0) is 15.4. The Labute approximate surface area is 130 Å². The van der Waals surface area contributed by atoms with Crippen molar-refractivity contribution in [2.45, 2.75) is 20.4 Å². The molecule has 2 aromatic carbocycles. The second-order valence-corrected chi connectivity index (χ2v) is 5.41. The van der Waals surface area contributed by atoms with Gasteiger partial charge in [0.2, 0.25) is 0 Å². The number of hydrogen-bond acceptors (Lipinski definition) is 2. The molecule has 21 heavy (non-hydrogen) atoms. The Morgan fingerprint density at radius 3 is 2.57 bits per heavy atom. The van der Waals surface area contributed by atoms with Gasteiger partial charge in [-0.2, -0.15) is 0 Å². The standard InChI is InChI=1S/C17H19FN2S/c1-3-20(16-7-5-4-6-12(16)2)11-14-10-13(17(19)21)8-9-15(14)18/h4-10H,3,11H2,1-2H3,(H2,19,21). The maximum atomic E-state index is 14.0. The number of hydrogen-bond donors (Lipinski definition) is 1. The van der Waals surface area contributed by atoms with Crippen LogP contribution in [0, 0.1) is 12.7 Å². The van der Waals surface area contributed by atoms with E-state index in [1.165, 1.54) is 11.6 Å². The van der Waals surface area contributed by atoms with Gasteiger partial charge >= 0.3 is 0 Å². The molecule has 0 amide bonds. The van der Waals surface area contributed by atoms with Crippen LogP contribution in [0.3, 0.4) is 0 Å². The SMILES string of the molecule is CCN(Cc1cc(C(N)=S)ccc1F)c1ccccc1C. The van der Waals surface area contributed by atoms with Crippen LogP contribution < -0.4 is 10.6 Å². The van der Waals surface area contributed by atoms with E-state index in [9.17, 15) is 4.39 Å². The maximum absolute atomic E-state index is 14.0. The van der Waals surface area contributed by atoms with Gasteiger partial charge in [0.15, 0.2) is 0 Å². The normalized spacial score (nSPS) is 10.4. The molecule has 0 atom stereocenters. The van der Waals surface area contributed by atoms with Crippen LogP contribution in [-0.4, -0.2) is 11.5 Å². The van der Waals surface area contributed by atoms with Crippen LogP contribution in [0.4, 0.5) is 10.1 Å². The Morgan fingerprint density at radius 2 is 1.95 bits per heavy atom. The lowest BCUT2D eigenvalue weighted by molar-refractivity contribution is 0.605. The third kappa shape index (κ3) is 3.58. The van der Waals surface area contributed by atoms with Crippen LogP contribution in [-0.2, 0) is 6.54 Å². The molecule has 0 fully saturated rings. The summed E-state index contributed by atoms with van der Waals surface area (Å²) < 4.78 is 14.0. The molecule has 0 aromatic heterocycles. The Morgan fingerprint density at radius 1 is 1.24 bits per heavy atom. The van der Waals surface area contributed by atoms with Crippen molar-refractivity contribution in [3.8, 4) is 0 Å². The molecule has 0 bridgehead atoms. The van der Waals surface area contributed by atoms with Crippen molar-refractivity contribution in [1.82, 2.24) is 0 Å². The van der Waals surface area contributed by atoms with Gasteiger partial charge in [0.25, 0.3) is 0 Å². The zero-order valence-electron chi connectivity index (χ0n) is 12.3. The summed E-state index contributed by atoms with van der Waals surface area (Å²) in [4.78, 5) is 2.42. The summed E-state index contributed by atoms with van der Waals surface area (Å²) >= 11 is 4.96. The lowest BCUT2D eigenvalue weighted by Crippen LogP contribution is -2.24. The van der Waals surface area contributed by atoms with E-state index in [1.54, 1.807) is 12.1 Å². The van der Waals surface area contributed by atoms with Gasteiger partial charge in [-0.15, -0.1) is 0 Å². The molecule has 2 N–H and O–H groups in total. The van der Waals surface area contributed by atoms with Gasteiger partial charge in [-0.25, -0.2) is 4.39 Å². The minimum Gasteiger partial charge on any atom is -0.389 e. The monoisotopic (exact) mass is 302 g/mol. The minimum atomic E-state index is -0.234. The first-order chi connectivity index (χ1) is 10.0. The van der Waals surface area contributed by atoms with Crippen LogP contribution in [0.2, 0.25) is 0 Å². The summed E-state index contributed by atoms with van der Waals surface area (Å²) in [7, 11) is 0. The zero-order valence-corrected chi connectivity index (χ0v) is 13.1. The fourth-order valence-corrected chi connectivity index (χ4v) is 2.47. The van der Waals surface area contributed by atoms with E-state index >= 15 is 0 Å². The van der Waals surface area contributed by atoms with Crippen molar-refractivity contribution >= 4 is 22.9 Å². The molecule has 0 aliphatic carbocycles. The predicted molar refractivity (Wildman–Crippen MR) is 90.2 cm³/mol. The van der Waals surface area contributed by atoms with E-state index < -0.39 is 0 Å². The minimum absolute atomic E-state index is 0.234. The van der Waals surface area contributed by atoms with Crippen molar-refractivity contribution in [2.75, 3.05) is 11.4 Å². The van der Waals surface area contributed by atoms with Gasteiger partial charge in [0.05, 0.1) is 0 Å². The molecule has 0 unspecified atom stereocenters. The van der Waals surface area contributed by atoms with E-state index in [0.717, 1.165) is 12.2 Å². The van der Waals surface area contributed by atoms with Crippen LogP contribution in [0.15, 0.2) is 42.5 Å². The molecular formula is C17H19FN2S. The van der Waals surface area contributed by atoms with Crippen LogP contribution >= 0.6 is 12.2 Å². The van der Waals surface area contributed by atoms with Gasteiger partial charge in [-0.05, 0) is 43.7 Å². The molecule has 4 heteroatoms. The average Bonchev–Trinajstić information content (AvgIpc) is 2.47. The number of anilines is 1. The van der Waals surface area contributed by atoms with Gasteiger partial charge in [-0.3, -0.25) is 0 Å². The third-order valence-electron chi connectivity index (χ3n) is 3.53. The van der Waals surface area contributed by atoms with E-state index in [2.05, 4.69) is 24.8 Å². The first-order valence-electron chi connectivity index (χ1n) is 6.91. The topological polar surface area (TPSA) is 29.3 Å². The number of para-hydroxylation sites is 1. The van der Waals surface area contributed by atoms with Crippen molar-refractivity contribution in [3.63, 3.8) is 0 Å². The summed E-state index contributed by atoms with van der Waals surface area (Å²) in [5.74, 6) is -0.234. The molecule has 2 nitrogen and oxygen atoms in total. The largest absolute Gasteiger partial charge is 0.389 e. The first kappa shape index (κ1) is 15.4. The first-order valence-corrected chi connectivity index (χ1v) is 7.32. The summed E-state index contributed by atoms with van der Waals surface area (Å²) in [6.07, 6.45) is 0. The number of thiocarbonyl (C=S) groups is 1. The van der Waals surface area contributed by atoms with Gasteiger partial charge in [0, 0.05) is 29.9 Å². The number of benzene rings is 2. The van der Waals surface area contributed by atoms with Crippen molar-refractivity contribution in [1.29, 1.82) is 0 Å². The molecule has 2 rings (SSSR count). The number of nitrogens with zero attached hydrogens (tertiary/aromatic N) is 1. The molecule has 0 aliphatic rings. The van der Waals surface area contributed by atoms with E-state index in [0.29, 0.717) is 17.7 Å². The summed E-state index contributed by atoms with van der Waals surface area (Å²) in [5.41, 5.74) is 9.21. The molecule has 0 aliphatic heterocycles. The van der Waals surface area contributed by atoms with Crippen molar-refractivity contribution in [2.24, 2.45) is 5.73 Å². The third-order valence-corrected chi connectivity index (χ3v) is 3.77.